The Labute approximate surface area is 363 Å². The van der Waals surface area contributed by atoms with E-state index in [4.69, 9.17) is 33.2 Å². The molecular weight excluding hydrogens is 834 g/mol. The topological polar surface area (TPSA) is 148 Å². The lowest BCUT2D eigenvalue weighted by molar-refractivity contribution is -0.233. The van der Waals surface area contributed by atoms with Crippen LogP contribution in [0.1, 0.15) is 88.8 Å². The number of nitrogens with one attached hydrogen (secondary N) is 1. The molecule has 0 aromatic heterocycles. The van der Waals surface area contributed by atoms with Crippen molar-refractivity contribution in [2.45, 2.75) is 121 Å². The normalized spacial score (nSPS) is 26.6. The number of hydrogen-bond donors (Lipinski definition) is 1. The number of rotatable bonds is 12. The second kappa shape index (κ2) is 20.1. The van der Waals surface area contributed by atoms with Gasteiger partial charge < -0.3 is 38.5 Å². The highest BCUT2D eigenvalue weighted by molar-refractivity contribution is 7.99. The Kier molecular flexibility index (Phi) is 15.1. The molecule has 3 aliphatic rings. The van der Waals surface area contributed by atoms with Crippen LogP contribution in [0, 0.1) is 17.5 Å². The fourth-order valence-corrected chi connectivity index (χ4v) is 8.83. The Bertz CT molecular complexity index is 2090. The zero-order valence-electron chi connectivity index (χ0n) is 35.7. The summed E-state index contributed by atoms with van der Waals surface area (Å²) < 4.78 is 85.5. The van der Waals surface area contributed by atoms with Crippen LogP contribution in [-0.2, 0) is 49.2 Å². The van der Waals surface area contributed by atoms with E-state index >= 15 is 4.39 Å². The van der Waals surface area contributed by atoms with Gasteiger partial charge in [0.2, 0.25) is 0 Å². The van der Waals surface area contributed by atoms with E-state index < -0.39 is 89.1 Å². The number of thioether (sulfide) groups is 1. The van der Waals surface area contributed by atoms with Gasteiger partial charge in [-0.3, -0.25) is 19.3 Å². The number of esters is 3. The molecule has 62 heavy (non-hydrogen) atoms. The molecule has 3 heterocycles. The third-order valence-corrected chi connectivity index (χ3v) is 11.5. The lowest BCUT2D eigenvalue weighted by Crippen LogP contribution is -2.57. The second-order valence-corrected chi connectivity index (χ2v) is 17.6. The Balaban J connectivity index is 1.11. The molecule has 0 unspecified atom stereocenters. The lowest BCUT2D eigenvalue weighted by Gasteiger charge is -2.44. The molecule has 0 bridgehead atoms. The van der Waals surface area contributed by atoms with Crippen LogP contribution >= 0.6 is 11.8 Å². The van der Waals surface area contributed by atoms with Crippen molar-refractivity contribution in [3.05, 3.63) is 100 Å². The summed E-state index contributed by atoms with van der Waals surface area (Å²) >= 11 is 1.21. The molecule has 9 atom stereocenters. The third kappa shape index (κ3) is 12.0. The minimum atomic E-state index is -1.21. The quantitative estimate of drug-likeness (QED) is 0.146. The molecule has 0 saturated carbocycles. The minimum Gasteiger partial charge on any atom is -0.489 e. The van der Waals surface area contributed by atoms with E-state index in [0.29, 0.717) is 42.8 Å². The van der Waals surface area contributed by atoms with Crippen LogP contribution in [0.3, 0.4) is 0 Å². The maximum Gasteiger partial charge on any atom is 0.407 e. The van der Waals surface area contributed by atoms with Gasteiger partial charge in [-0.2, -0.15) is 0 Å². The molecule has 1 N–H and O–H groups in total. The van der Waals surface area contributed by atoms with Crippen LogP contribution in [0.15, 0.2) is 60.7 Å². The number of likely N-dealkylation sites (tertiary alicyclic amines) is 1. The number of benzene rings is 3. The number of ether oxygens (including phenoxy) is 7. The summed E-state index contributed by atoms with van der Waals surface area (Å²) in [5, 5.41) is 2.84. The average Bonchev–Trinajstić information content (AvgIpc) is 3.66. The lowest BCUT2D eigenvalue weighted by atomic mass is 9.91. The van der Waals surface area contributed by atoms with Crippen LogP contribution in [-0.4, -0.2) is 102 Å². The standard InChI is InChI=1S/C45H53F3N2O11S/c1-24(51)56-40-38(60-43(62-7)42(58-26(3)53)41(40)57-25(2)52)28-10-14-35(47)29(19-28)18-27-8-12-32(13-9-27)59-33-16-17-50(22-33)31-21-37(49-44(54)61-45(4,5)6)39(55-23-31)34-20-30(46)11-15-36(34)48/h8-15,19-20,31,33,37-43H,16-18,21-23H2,1-7H3,(H,49,54)/t31-,33-,37+,38+,39-,40+,41-,42+,43-/m1/s1. The summed E-state index contributed by atoms with van der Waals surface area (Å²) in [5.74, 6) is -3.11. The number of nitrogens with zero attached hydrogens (tertiary/aromatic N) is 1. The first-order valence-electron chi connectivity index (χ1n) is 20.4. The third-order valence-electron chi connectivity index (χ3n) is 10.7. The molecule has 1 amide bonds. The Hall–Kier alpha value is -4.84. The number of alkyl carbamates (subject to hydrolysis) is 1. The van der Waals surface area contributed by atoms with Gasteiger partial charge in [0.1, 0.15) is 52.6 Å². The van der Waals surface area contributed by atoms with Gasteiger partial charge >= 0.3 is 24.0 Å². The van der Waals surface area contributed by atoms with Crippen molar-refractivity contribution in [1.82, 2.24) is 10.2 Å². The van der Waals surface area contributed by atoms with E-state index in [1.165, 1.54) is 44.7 Å². The summed E-state index contributed by atoms with van der Waals surface area (Å²) in [6.45, 7) is 10.3. The van der Waals surface area contributed by atoms with Crippen molar-refractivity contribution in [1.29, 1.82) is 0 Å². The monoisotopic (exact) mass is 886 g/mol. The fraction of sp³-hybridized carbons (Fsp3) is 0.511. The molecule has 3 fully saturated rings. The maximum atomic E-state index is 15.4. The Morgan fingerprint density at radius 1 is 0.839 bits per heavy atom. The highest BCUT2D eigenvalue weighted by atomic mass is 32.2. The number of carbonyl (C=O) groups excluding carboxylic acids is 4. The van der Waals surface area contributed by atoms with Crippen LogP contribution in [0.2, 0.25) is 0 Å². The molecule has 0 aliphatic carbocycles. The molecule has 3 aromatic carbocycles. The summed E-state index contributed by atoms with van der Waals surface area (Å²) in [7, 11) is 0. The Morgan fingerprint density at radius 3 is 2.16 bits per heavy atom. The van der Waals surface area contributed by atoms with Gasteiger partial charge in [-0.15, -0.1) is 11.8 Å². The van der Waals surface area contributed by atoms with Crippen molar-refractivity contribution < 1.29 is 65.5 Å². The van der Waals surface area contributed by atoms with E-state index in [-0.39, 0.29) is 30.7 Å². The molecule has 6 rings (SSSR count). The van der Waals surface area contributed by atoms with E-state index in [1.807, 2.05) is 24.3 Å². The van der Waals surface area contributed by atoms with Gasteiger partial charge in [0.15, 0.2) is 18.3 Å². The maximum absolute atomic E-state index is 15.4. The molecule has 17 heteroatoms. The highest BCUT2D eigenvalue weighted by Crippen LogP contribution is 2.41. The predicted molar refractivity (Wildman–Crippen MR) is 221 cm³/mol. The number of amides is 1. The minimum absolute atomic E-state index is 0.0200. The highest BCUT2D eigenvalue weighted by Gasteiger charge is 2.52. The van der Waals surface area contributed by atoms with Crippen molar-refractivity contribution in [3.63, 3.8) is 0 Å². The summed E-state index contributed by atoms with van der Waals surface area (Å²) in [4.78, 5) is 51.6. The summed E-state index contributed by atoms with van der Waals surface area (Å²) in [5.41, 5.74) is 0.0118. The molecule has 3 aliphatic heterocycles. The second-order valence-electron chi connectivity index (χ2n) is 16.6. The summed E-state index contributed by atoms with van der Waals surface area (Å²) in [6, 6.07) is 14.0. The number of carbonyl (C=O) groups is 4. The smallest absolute Gasteiger partial charge is 0.407 e. The molecule has 3 saturated heterocycles. The van der Waals surface area contributed by atoms with Gasteiger partial charge in [0.25, 0.3) is 0 Å². The SMILES string of the molecule is CS[C@H]1O[C@@H](c2ccc(F)c(Cc3ccc(O[C@@H]4CCN([C@H]5CO[C@H](c6cc(F)ccc6F)[C@@H](NC(=O)OC(C)(C)C)C5)C4)cc3)c2)[C@H](OC(C)=O)[C@@H](OC(C)=O)[C@@H]1OC(C)=O. The zero-order valence-corrected chi connectivity index (χ0v) is 36.5. The van der Waals surface area contributed by atoms with Gasteiger partial charge in [0.05, 0.1) is 12.6 Å². The first kappa shape index (κ1) is 46.7. The van der Waals surface area contributed by atoms with Crippen molar-refractivity contribution in [2.24, 2.45) is 0 Å². The summed E-state index contributed by atoms with van der Waals surface area (Å²) in [6.07, 6.45) is -3.27. The fourth-order valence-electron chi connectivity index (χ4n) is 8.12. The van der Waals surface area contributed by atoms with Crippen molar-refractivity contribution in [2.75, 3.05) is 26.0 Å². The first-order valence-corrected chi connectivity index (χ1v) is 21.7. The van der Waals surface area contributed by atoms with E-state index in [0.717, 1.165) is 23.8 Å². The first-order chi connectivity index (χ1) is 29.4. The Morgan fingerprint density at radius 2 is 1.50 bits per heavy atom. The molecule has 0 spiro atoms. The van der Waals surface area contributed by atoms with E-state index in [9.17, 15) is 28.0 Å². The molecular formula is C45H53F3N2O11S. The molecule has 0 radical (unpaired) electrons. The number of hydrogen-bond acceptors (Lipinski definition) is 13. The van der Waals surface area contributed by atoms with Crippen molar-refractivity contribution in [3.8, 4) is 5.75 Å². The van der Waals surface area contributed by atoms with Gasteiger partial charge in [-0.05, 0) is 99.0 Å². The molecule has 3 aromatic rings. The zero-order chi connectivity index (χ0) is 44.9. The number of halogens is 3. The molecule has 13 nitrogen and oxygen atoms in total. The van der Waals surface area contributed by atoms with Crippen molar-refractivity contribution >= 4 is 35.8 Å². The van der Waals surface area contributed by atoms with Gasteiger partial charge in [-0.25, -0.2) is 18.0 Å². The average molecular weight is 887 g/mol. The van der Waals surface area contributed by atoms with Crippen LogP contribution in [0.5, 0.6) is 5.75 Å². The largest absolute Gasteiger partial charge is 0.489 e. The van der Waals surface area contributed by atoms with Crippen LogP contribution in [0.4, 0.5) is 18.0 Å². The molecule has 336 valence electrons. The predicted octanol–water partition coefficient (Wildman–Crippen LogP) is 7.13. The van der Waals surface area contributed by atoms with Gasteiger partial charge in [-0.1, -0.05) is 18.2 Å². The van der Waals surface area contributed by atoms with E-state index in [1.54, 1.807) is 33.1 Å². The van der Waals surface area contributed by atoms with Crippen LogP contribution < -0.4 is 10.1 Å². The van der Waals surface area contributed by atoms with E-state index in [2.05, 4.69) is 10.2 Å². The van der Waals surface area contributed by atoms with Crippen LogP contribution in [0.25, 0.3) is 0 Å². The van der Waals surface area contributed by atoms with Gasteiger partial charge in [0, 0.05) is 51.9 Å².